The summed E-state index contributed by atoms with van der Waals surface area (Å²) in [5.41, 5.74) is 1.47. The molecule has 0 saturated heterocycles. The molecule has 0 spiro atoms. The Morgan fingerprint density at radius 3 is 2.62 bits per heavy atom. The van der Waals surface area contributed by atoms with Crippen LogP contribution >= 0.6 is 0 Å². The molecule has 1 aromatic carbocycles. The second kappa shape index (κ2) is 3.91. The molecule has 86 valence electrons. The minimum Gasteiger partial charge on any atom is -0.496 e. The number of Topliss-reactive ketones (excluding diaryl/α,β-unsaturated/α-hetero) is 1. The van der Waals surface area contributed by atoms with Gasteiger partial charge in [0.05, 0.1) is 19.1 Å². The molecule has 0 amide bonds. The van der Waals surface area contributed by atoms with Gasteiger partial charge >= 0.3 is 0 Å². The normalized spacial score (nSPS) is 16.9. The van der Waals surface area contributed by atoms with Crippen LogP contribution in [0.4, 0.5) is 0 Å². The van der Waals surface area contributed by atoms with Gasteiger partial charge in [-0.1, -0.05) is 6.07 Å². The predicted molar refractivity (Wildman–Crippen MR) is 60.5 cm³/mol. The van der Waals surface area contributed by atoms with E-state index in [1.807, 2.05) is 18.2 Å². The second-order valence-electron chi connectivity index (χ2n) is 4.32. The van der Waals surface area contributed by atoms with E-state index in [4.69, 9.17) is 4.74 Å². The fourth-order valence-corrected chi connectivity index (χ4v) is 2.17. The first kappa shape index (κ1) is 11.1. The Hall–Kier alpha value is -1.35. The van der Waals surface area contributed by atoms with E-state index in [1.165, 1.54) is 0 Å². The number of ether oxygens (including phenoxy) is 1. The van der Waals surface area contributed by atoms with E-state index >= 15 is 0 Å². The number of hydrogen-bond donors (Lipinski definition) is 1. The van der Waals surface area contributed by atoms with Gasteiger partial charge in [-0.15, -0.1) is 0 Å². The SMILES string of the molecule is COc1ccc(C2(C(C)=O)CC2)cc1CO. The molecule has 1 aliphatic rings. The van der Waals surface area contributed by atoms with Crippen molar-refractivity contribution in [3.8, 4) is 5.75 Å². The van der Waals surface area contributed by atoms with Gasteiger partial charge in [0.25, 0.3) is 0 Å². The van der Waals surface area contributed by atoms with Gasteiger partial charge in [-0.25, -0.2) is 0 Å². The maximum atomic E-state index is 11.6. The van der Waals surface area contributed by atoms with Crippen LogP contribution in [0.2, 0.25) is 0 Å². The monoisotopic (exact) mass is 220 g/mol. The zero-order chi connectivity index (χ0) is 11.8. The van der Waals surface area contributed by atoms with Gasteiger partial charge in [0.2, 0.25) is 0 Å². The number of carbonyl (C=O) groups is 1. The standard InChI is InChI=1S/C13H16O3/c1-9(15)13(5-6-13)11-3-4-12(16-2)10(7-11)8-14/h3-4,7,14H,5-6,8H2,1-2H3. The summed E-state index contributed by atoms with van der Waals surface area (Å²) in [6.07, 6.45) is 1.83. The summed E-state index contributed by atoms with van der Waals surface area (Å²) in [6, 6.07) is 5.63. The van der Waals surface area contributed by atoms with E-state index in [-0.39, 0.29) is 17.8 Å². The molecule has 0 radical (unpaired) electrons. The van der Waals surface area contributed by atoms with Gasteiger partial charge in [0.15, 0.2) is 0 Å². The Morgan fingerprint density at radius 2 is 2.19 bits per heavy atom. The Kier molecular flexibility index (Phi) is 2.72. The number of carbonyl (C=O) groups excluding carboxylic acids is 1. The largest absolute Gasteiger partial charge is 0.496 e. The molecule has 0 atom stereocenters. The summed E-state index contributed by atoms with van der Waals surface area (Å²) in [5.74, 6) is 0.882. The van der Waals surface area contributed by atoms with Crippen molar-refractivity contribution in [3.05, 3.63) is 29.3 Å². The Morgan fingerprint density at radius 1 is 1.50 bits per heavy atom. The Balaban J connectivity index is 2.40. The van der Waals surface area contributed by atoms with E-state index in [1.54, 1.807) is 14.0 Å². The highest BCUT2D eigenvalue weighted by atomic mass is 16.5. The molecule has 0 aliphatic heterocycles. The summed E-state index contributed by atoms with van der Waals surface area (Å²) >= 11 is 0. The molecule has 0 bridgehead atoms. The van der Waals surface area contributed by atoms with Crippen LogP contribution in [0.25, 0.3) is 0 Å². The molecule has 2 rings (SSSR count). The van der Waals surface area contributed by atoms with Gasteiger partial charge in [0.1, 0.15) is 11.5 Å². The lowest BCUT2D eigenvalue weighted by Crippen LogP contribution is -2.17. The lowest BCUT2D eigenvalue weighted by atomic mass is 9.91. The van der Waals surface area contributed by atoms with Crippen molar-refractivity contribution in [3.63, 3.8) is 0 Å². The maximum absolute atomic E-state index is 11.6. The zero-order valence-corrected chi connectivity index (χ0v) is 9.62. The van der Waals surface area contributed by atoms with Crippen LogP contribution < -0.4 is 4.74 Å². The van der Waals surface area contributed by atoms with E-state index in [2.05, 4.69) is 0 Å². The van der Waals surface area contributed by atoms with Gasteiger partial charge in [-0.05, 0) is 37.5 Å². The average Bonchev–Trinajstić information content (AvgIpc) is 3.09. The van der Waals surface area contributed by atoms with E-state index in [9.17, 15) is 9.90 Å². The molecule has 16 heavy (non-hydrogen) atoms. The smallest absolute Gasteiger partial charge is 0.140 e. The molecule has 0 heterocycles. The topological polar surface area (TPSA) is 46.5 Å². The third-order valence-corrected chi connectivity index (χ3v) is 3.43. The molecular weight excluding hydrogens is 204 g/mol. The summed E-state index contributed by atoms with van der Waals surface area (Å²) in [5, 5.41) is 9.23. The molecule has 3 nitrogen and oxygen atoms in total. The van der Waals surface area contributed by atoms with Gasteiger partial charge < -0.3 is 9.84 Å². The number of ketones is 1. The van der Waals surface area contributed by atoms with Crippen molar-refractivity contribution < 1.29 is 14.6 Å². The number of aliphatic hydroxyl groups excluding tert-OH is 1. The third-order valence-electron chi connectivity index (χ3n) is 3.43. The molecule has 0 aromatic heterocycles. The number of hydrogen-bond acceptors (Lipinski definition) is 3. The van der Waals surface area contributed by atoms with Crippen molar-refractivity contribution in [2.75, 3.05) is 7.11 Å². The highest BCUT2D eigenvalue weighted by Crippen LogP contribution is 2.49. The van der Waals surface area contributed by atoms with Crippen molar-refractivity contribution in [1.29, 1.82) is 0 Å². The molecule has 1 fully saturated rings. The quantitative estimate of drug-likeness (QED) is 0.841. The van der Waals surface area contributed by atoms with Crippen molar-refractivity contribution in [1.82, 2.24) is 0 Å². The first-order valence-corrected chi connectivity index (χ1v) is 5.43. The van der Waals surface area contributed by atoms with Crippen molar-refractivity contribution in [2.45, 2.75) is 31.8 Å². The Labute approximate surface area is 95.0 Å². The summed E-state index contributed by atoms with van der Waals surface area (Å²) < 4.78 is 5.14. The van der Waals surface area contributed by atoms with Crippen LogP contribution in [-0.4, -0.2) is 18.0 Å². The summed E-state index contributed by atoms with van der Waals surface area (Å²) in [4.78, 5) is 11.6. The third kappa shape index (κ3) is 1.61. The number of benzene rings is 1. The van der Waals surface area contributed by atoms with Crippen LogP contribution in [-0.2, 0) is 16.8 Å². The van der Waals surface area contributed by atoms with Gasteiger partial charge in [0, 0.05) is 5.56 Å². The van der Waals surface area contributed by atoms with Crippen molar-refractivity contribution in [2.24, 2.45) is 0 Å². The van der Waals surface area contributed by atoms with Crippen LogP contribution in [0, 0.1) is 0 Å². The number of methoxy groups -OCH3 is 1. The molecule has 0 unspecified atom stereocenters. The van der Waals surface area contributed by atoms with Gasteiger partial charge in [-0.3, -0.25) is 4.79 Å². The second-order valence-corrected chi connectivity index (χ2v) is 4.32. The minimum atomic E-state index is -0.282. The average molecular weight is 220 g/mol. The fourth-order valence-electron chi connectivity index (χ4n) is 2.17. The maximum Gasteiger partial charge on any atom is 0.140 e. The van der Waals surface area contributed by atoms with E-state index in [0.717, 1.165) is 24.0 Å². The van der Waals surface area contributed by atoms with Crippen LogP contribution in [0.5, 0.6) is 5.75 Å². The zero-order valence-electron chi connectivity index (χ0n) is 9.62. The highest BCUT2D eigenvalue weighted by molar-refractivity contribution is 5.91. The fraction of sp³-hybridized carbons (Fsp3) is 0.462. The Bertz CT molecular complexity index is 419. The summed E-state index contributed by atoms with van der Waals surface area (Å²) in [7, 11) is 1.58. The lowest BCUT2D eigenvalue weighted by Gasteiger charge is -2.14. The number of aliphatic hydroxyl groups is 1. The molecule has 1 aliphatic carbocycles. The first-order valence-electron chi connectivity index (χ1n) is 5.43. The number of rotatable bonds is 4. The molecule has 1 N–H and O–H groups in total. The predicted octanol–water partition coefficient (Wildman–Crippen LogP) is 1.81. The van der Waals surface area contributed by atoms with E-state index in [0.29, 0.717) is 5.75 Å². The first-order chi connectivity index (χ1) is 7.64. The van der Waals surface area contributed by atoms with Crippen LogP contribution in [0.3, 0.4) is 0 Å². The minimum absolute atomic E-state index is 0.0645. The molecular formula is C13H16O3. The lowest BCUT2D eigenvalue weighted by molar-refractivity contribution is -0.119. The van der Waals surface area contributed by atoms with E-state index < -0.39 is 0 Å². The molecule has 3 heteroatoms. The highest BCUT2D eigenvalue weighted by Gasteiger charge is 2.48. The molecule has 1 saturated carbocycles. The van der Waals surface area contributed by atoms with Crippen LogP contribution in [0.1, 0.15) is 30.9 Å². The van der Waals surface area contributed by atoms with Crippen LogP contribution in [0.15, 0.2) is 18.2 Å². The van der Waals surface area contributed by atoms with Gasteiger partial charge in [-0.2, -0.15) is 0 Å². The summed E-state index contributed by atoms with van der Waals surface area (Å²) in [6.45, 7) is 1.57. The van der Waals surface area contributed by atoms with Crippen molar-refractivity contribution >= 4 is 5.78 Å². The molecule has 1 aromatic rings.